The van der Waals surface area contributed by atoms with Crippen molar-refractivity contribution in [3.05, 3.63) is 51.1 Å². The molecule has 4 aliphatic rings. The summed E-state index contributed by atoms with van der Waals surface area (Å²) in [5.41, 5.74) is 0.925. The van der Waals surface area contributed by atoms with E-state index < -0.39 is 5.54 Å². The minimum Gasteiger partial charge on any atom is -0.380 e. The third-order valence-electron chi connectivity index (χ3n) is 8.83. The van der Waals surface area contributed by atoms with Crippen molar-refractivity contribution in [1.82, 2.24) is 20.1 Å². The molecule has 2 N–H and O–H groups in total. The van der Waals surface area contributed by atoms with Gasteiger partial charge in [0.15, 0.2) is 0 Å². The summed E-state index contributed by atoms with van der Waals surface area (Å²) in [4.78, 5) is 30.5. The Morgan fingerprint density at radius 3 is 2.58 bits per heavy atom. The molecule has 4 fully saturated rings. The average molecular weight is 514 g/mol. The lowest BCUT2D eigenvalue weighted by molar-refractivity contribution is -0.135. The zero-order chi connectivity index (χ0) is 23.4. The zero-order valence-corrected chi connectivity index (χ0v) is 21.1. The quantitative estimate of drug-likeness (QED) is 0.607. The lowest BCUT2D eigenvalue weighted by Gasteiger charge is -2.62. The van der Waals surface area contributed by atoms with E-state index in [-0.39, 0.29) is 11.5 Å². The minimum atomic E-state index is -0.922. The van der Waals surface area contributed by atoms with Gasteiger partial charge in [-0.2, -0.15) is 5.10 Å². The molecule has 0 saturated heterocycles. The van der Waals surface area contributed by atoms with Crippen molar-refractivity contribution >= 4 is 27.5 Å². The molecular formula is C25H32BrN5O2. The molecule has 4 saturated carbocycles. The summed E-state index contributed by atoms with van der Waals surface area (Å²) < 4.78 is 1.84. The lowest BCUT2D eigenvalue weighted by Crippen LogP contribution is -2.58. The van der Waals surface area contributed by atoms with Crippen LogP contribution in [0.4, 0.5) is 5.69 Å². The molecule has 4 aliphatic carbocycles. The Morgan fingerprint density at radius 1 is 1.24 bits per heavy atom. The standard InChI is InChI=1S/C25H32BrN5O2/c1-15-18-11-17(24(18,2)3)12-19(15)30-20-14-29-31(22(32)21(20)26)25(7-4-8-25)23(33)28-13-16-5-9-27-10-6-16/h5-6,9-10,14-15,17-19,30H,4,7-8,11-13H2,1-3H3,(H,28,33)/t15-,17-,18+,19-/m1/s1. The summed E-state index contributed by atoms with van der Waals surface area (Å²) in [5, 5.41) is 11.1. The smallest absolute Gasteiger partial charge is 0.284 e. The van der Waals surface area contributed by atoms with E-state index in [0.717, 1.165) is 30.0 Å². The summed E-state index contributed by atoms with van der Waals surface area (Å²) in [6.45, 7) is 7.49. The molecule has 2 aromatic rings. The number of carbonyl (C=O) groups is 1. The largest absolute Gasteiger partial charge is 0.380 e. The molecule has 0 spiro atoms. The second-order valence-corrected chi connectivity index (χ2v) is 11.5. The third kappa shape index (κ3) is 3.61. The van der Waals surface area contributed by atoms with Gasteiger partial charge >= 0.3 is 0 Å². The maximum atomic E-state index is 13.3. The molecule has 0 unspecified atom stereocenters. The van der Waals surface area contributed by atoms with E-state index in [1.54, 1.807) is 18.6 Å². The fourth-order valence-corrected chi connectivity index (χ4v) is 6.66. The van der Waals surface area contributed by atoms with E-state index >= 15 is 0 Å². The number of hydrogen-bond acceptors (Lipinski definition) is 5. The van der Waals surface area contributed by atoms with Crippen LogP contribution in [0, 0.1) is 23.2 Å². The highest BCUT2D eigenvalue weighted by atomic mass is 79.9. The number of nitrogens with zero attached hydrogens (tertiary/aromatic N) is 3. The fraction of sp³-hybridized carbons (Fsp3) is 0.600. The molecule has 7 nitrogen and oxygen atoms in total. The summed E-state index contributed by atoms with van der Waals surface area (Å²) >= 11 is 3.52. The van der Waals surface area contributed by atoms with E-state index in [9.17, 15) is 9.59 Å². The number of nitrogens with one attached hydrogen (secondary N) is 2. The Kier molecular flexibility index (Phi) is 5.62. The number of hydrogen-bond donors (Lipinski definition) is 2. The number of amides is 1. The van der Waals surface area contributed by atoms with E-state index in [0.29, 0.717) is 47.2 Å². The predicted octanol–water partition coefficient (Wildman–Crippen LogP) is 4.08. The third-order valence-corrected chi connectivity index (χ3v) is 9.59. The van der Waals surface area contributed by atoms with Crippen molar-refractivity contribution in [2.75, 3.05) is 5.32 Å². The van der Waals surface area contributed by atoms with Crippen LogP contribution in [0.1, 0.15) is 58.4 Å². The predicted molar refractivity (Wildman–Crippen MR) is 131 cm³/mol. The van der Waals surface area contributed by atoms with Crippen LogP contribution >= 0.6 is 15.9 Å². The van der Waals surface area contributed by atoms with Gasteiger partial charge in [-0.05, 0) is 88.9 Å². The Bertz CT molecular complexity index is 1110. The van der Waals surface area contributed by atoms with Crippen molar-refractivity contribution < 1.29 is 4.79 Å². The topological polar surface area (TPSA) is 88.9 Å². The molecule has 8 heteroatoms. The molecule has 2 aromatic heterocycles. The maximum Gasteiger partial charge on any atom is 0.284 e. The first-order valence-corrected chi connectivity index (χ1v) is 12.8. The lowest BCUT2D eigenvalue weighted by atomic mass is 9.45. The number of rotatable bonds is 6. The van der Waals surface area contributed by atoms with E-state index in [4.69, 9.17) is 0 Å². The van der Waals surface area contributed by atoms with Gasteiger partial charge in [0.05, 0.1) is 11.9 Å². The van der Waals surface area contributed by atoms with Crippen LogP contribution in [0.2, 0.25) is 0 Å². The molecule has 6 rings (SSSR count). The molecule has 176 valence electrons. The SMILES string of the molecule is C[C@H]1[C@H](Nc2cnn(C3(C(=O)NCc4ccncc4)CCC3)c(=O)c2Br)C[C@H]2C[C@@H]1C2(C)C. The minimum absolute atomic E-state index is 0.156. The van der Waals surface area contributed by atoms with Crippen LogP contribution in [0.3, 0.4) is 0 Å². The summed E-state index contributed by atoms with van der Waals surface area (Å²) in [6, 6.07) is 4.07. The monoisotopic (exact) mass is 513 g/mol. The number of fused-ring (bicyclic) bond motifs is 2. The van der Waals surface area contributed by atoms with Crippen LogP contribution in [0.5, 0.6) is 0 Å². The van der Waals surface area contributed by atoms with Crippen LogP contribution in [0.25, 0.3) is 0 Å². The first kappa shape index (κ1) is 22.6. The maximum absolute atomic E-state index is 13.3. The van der Waals surface area contributed by atoms with E-state index in [2.05, 4.69) is 57.4 Å². The number of aromatic nitrogens is 3. The number of pyridine rings is 1. The summed E-state index contributed by atoms with van der Waals surface area (Å²) in [6.07, 6.45) is 9.65. The van der Waals surface area contributed by atoms with Crippen molar-refractivity contribution in [3.8, 4) is 0 Å². The van der Waals surface area contributed by atoms with Crippen LogP contribution < -0.4 is 16.2 Å². The molecule has 2 heterocycles. The highest BCUT2D eigenvalue weighted by Crippen LogP contribution is 2.61. The van der Waals surface area contributed by atoms with Crippen molar-refractivity contribution in [1.29, 1.82) is 0 Å². The molecular weight excluding hydrogens is 482 g/mol. The Hall–Kier alpha value is -2.22. The van der Waals surface area contributed by atoms with Crippen molar-refractivity contribution in [3.63, 3.8) is 0 Å². The second kappa shape index (κ2) is 8.22. The van der Waals surface area contributed by atoms with Gasteiger partial charge in [-0.15, -0.1) is 0 Å². The van der Waals surface area contributed by atoms with Gasteiger partial charge in [0, 0.05) is 25.0 Å². The molecule has 1 amide bonds. The zero-order valence-electron chi connectivity index (χ0n) is 19.5. The molecule has 0 aromatic carbocycles. The highest BCUT2D eigenvalue weighted by Gasteiger charge is 2.56. The molecule has 0 aliphatic heterocycles. The Morgan fingerprint density at radius 2 is 1.97 bits per heavy atom. The Balaban J connectivity index is 1.33. The van der Waals surface area contributed by atoms with Crippen LogP contribution in [-0.2, 0) is 16.9 Å². The van der Waals surface area contributed by atoms with Gasteiger partial charge in [0.25, 0.3) is 5.56 Å². The molecule has 0 radical (unpaired) electrons. The molecule has 4 atom stereocenters. The van der Waals surface area contributed by atoms with E-state index in [1.165, 1.54) is 11.1 Å². The van der Waals surface area contributed by atoms with Gasteiger partial charge in [0.1, 0.15) is 10.0 Å². The number of carbonyl (C=O) groups excluding carboxylic acids is 1. The number of anilines is 1. The van der Waals surface area contributed by atoms with Gasteiger partial charge in [-0.3, -0.25) is 14.6 Å². The molecule has 33 heavy (non-hydrogen) atoms. The Labute approximate surface area is 202 Å². The first-order valence-electron chi connectivity index (χ1n) is 12.0. The fourth-order valence-electron chi connectivity index (χ4n) is 6.27. The van der Waals surface area contributed by atoms with Crippen molar-refractivity contribution in [2.45, 2.75) is 71.0 Å². The van der Waals surface area contributed by atoms with Crippen molar-refractivity contribution in [2.24, 2.45) is 23.2 Å². The highest BCUT2D eigenvalue weighted by molar-refractivity contribution is 9.10. The van der Waals surface area contributed by atoms with E-state index in [1.807, 2.05) is 12.1 Å². The first-order chi connectivity index (χ1) is 15.7. The van der Waals surface area contributed by atoms with Gasteiger partial charge in [0.2, 0.25) is 5.91 Å². The van der Waals surface area contributed by atoms with Gasteiger partial charge < -0.3 is 10.6 Å². The number of halogens is 1. The second-order valence-electron chi connectivity index (χ2n) is 10.7. The van der Waals surface area contributed by atoms with Gasteiger partial charge in [-0.25, -0.2) is 4.68 Å². The van der Waals surface area contributed by atoms with Crippen LogP contribution in [0.15, 0.2) is 40.0 Å². The van der Waals surface area contributed by atoms with Crippen LogP contribution in [-0.4, -0.2) is 26.7 Å². The summed E-state index contributed by atoms with van der Waals surface area (Å²) in [5.74, 6) is 1.82. The van der Waals surface area contributed by atoms with Gasteiger partial charge in [-0.1, -0.05) is 20.8 Å². The average Bonchev–Trinajstić information content (AvgIpc) is 2.77. The normalized spacial score (nSPS) is 28.8. The summed E-state index contributed by atoms with van der Waals surface area (Å²) in [7, 11) is 0. The molecule has 2 bridgehead atoms.